The van der Waals surface area contributed by atoms with Gasteiger partial charge in [-0.1, -0.05) is 30.3 Å². The van der Waals surface area contributed by atoms with E-state index >= 15 is 0 Å². The summed E-state index contributed by atoms with van der Waals surface area (Å²) in [5.74, 6) is 1.56. The maximum absolute atomic E-state index is 5.43. The summed E-state index contributed by atoms with van der Waals surface area (Å²) >= 11 is 0. The summed E-state index contributed by atoms with van der Waals surface area (Å²) in [6.07, 6.45) is 2.87. The van der Waals surface area contributed by atoms with Crippen LogP contribution in [0.5, 0.6) is 11.5 Å². The first-order valence-electron chi connectivity index (χ1n) is 7.83. The molecule has 1 atom stereocenters. The molecular formula is C19H22N2O2. The van der Waals surface area contributed by atoms with E-state index in [-0.39, 0.29) is 6.04 Å². The molecule has 0 saturated carbocycles. The van der Waals surface area contributed by atoms with Gasteiger partial charge in [-0.25, -0.2) is 0 Å². The van der Waals surface area contributed by atoms with Crippen LogP contribution in [-0.2, 0) is 6.42 Å². The molecule has 120 valence electrons. The van der Waals surface area contributed by atoms with Crippen molar-refractivity contribution in [1.82, 2.24) is 5.01 Å². The third-order valence-corrected chi connectivity index (χ3v) is 4.31. The summed E-state index contributed by atoms with van der Waals surface area (Å²) in [5.41, 5.74) is 3.67. The molecule has 0 amide bonds. The van der Waals surface area contributed by atoms with E-state index in [1.54, 1.807) is 14.2 Å². The molecule has 1 heterocycles. The van der Waals surface area contributed by atoms with Gasteiger partial charge >= 0.3 is 0 Å². The average molecular weight is 310 g/mol. The van der Waals surface area contributed by atoms with E-state index in [1.807, 2.05) is 24.4 Å². The van der Waals surface area contributed by atoms with Crippen LogP contribution >= 0.6 is 0 Å². The van der Waals surface area contributed by atoms with Crippen LogP contribution in [0.25, 0.3) is 0 Å². The van der Waals surface area contributed by atoms with Crippen molar-refractivity contribution in [3.05, 3.63) is 59.2 Å². The lowest BCUT2D eigenvalue weighted by Gasteiger charge is -2.33. The highest BCUT2D eigenvalue weighted by atomic mass is 16.5. The molecule has 2 aromatic carbocycles. The lowest BCUT2D eigenvalue weighted by molar-refractivity contribution is 0.208. The number of methoxy groups -OCH3 is 2. The Balaban J connectivity index is 1.85. The molecule has 2 aromatic rings. The molecule has 23 heavy (non-hydrogen) atoms. The van der Waals surface area contributed by atoms with Crippen LogP contribution in [-0.4, -0.2) is 32.0 Å². The van der Waals surface area contributed by atoms with Gasteiger partial charge in [0.1, 0.15) is 0 Å². The summed E-state index contributed by atoms with van der Waals surface area (Å²) in [6, 6.07) is 14.5. The van der Waals surface area contributed by atoms with Crippen LogP contribution in [0.3, 0.4) is 0 Å². The van der Waals surface area contributed by atoms with Gasteiger partial charge in [0.25, 0.3) is 0 Å². The minimum absolute atomic E-state index is 0.207. The Kier molecular flexibility index (Phi) is 4.51. The zero-order valence-corrected chi connectivity index (χ0v) is 13.8. The standard InChI is InChI=1S/C19H22N2O2/c1-14-17-12-19(23-3)18(22-2)11-16(17)9-10-21(14)20-13-15-7-5-4-6-8-15/h4-8,11-14H,9-10H2,1-3H3/t14-/m1/s1. The van der Waals surface area contributed by atoms with E-state index in [1.165, 1.54) is 11.1 Å². The summed E-state index contributed by atoms with van der Waals surface area (Å²) in [6.45, 7) is 3.07. The minimum atomic E-state index is 0.207. The van der Waals surface area contributed by atoms with Crippen molar-refractivity contribution in [2.24, 2.45) is 5.10 Å². The zero-order valence-electron chi connectivity index (χ0n) is 13.8. The third kappa shape index (κ3) is 3.16. The van der Waals surface area contributed by atoms with E-state index in [0.29, 0.717) is 0 Å². The molecule has 0 aliphatic carbocycles. The van der Waals surface area contributed by atoms with E-state index in [4.69, 9.17) is 9.47 Å². The summed E-state index contributed by atoms with van der Waals surface area (Å²) < 4.78 is 10.8. The quantitative estimate of drug-likeness (QED) is 0.808. The Bertz CT molecular complexity index is 698. The molecule has 0 saturated heterocycles. The van der Waals surface area contributed by atoms with Crippen molar-refractivity contribution in [3.8, 4) is 11.5 Å². The van der Waals surface area contributed by atoms with Gasteiger partial charge in [0.15, 0.2) is 11.5 Å². The lowest BCUT2D eigenvalue weighted by Crippen LogP contribution is -2.30. The maximum atomic E-state index is 5.43. The van der Waals surface area contributed by atoms with Gasteiger partial charge in [-0.2, -0.15) is 5.10 Å². The zero-order chi connectivity index (χ0) is 16.2. The van der Waals surface area contributed by atoms with Gasteiger partial charge in [0.2, 0.25) is 0 Å². The molecule has 4 nitrogen and oxygen atoms in total. The van der Waals surface area contributed by atoms with E-state index in [0.717, 1.165) is 30.0 Å². The number of hydrogen-bond donors (Lipinski definition) is 0. The number of fused-ring (bicyclic) bond motifs is 1. The van der Waals surface area contributed by atoms with E-state index in [2.05, 4.69) is 41.3 Å². The molecule has 0 radical (unpaired) electrons. The lowest BCUT2D eigenvalue weighted by atomic mass is 9.94. The molecule has 0 unspecified atom stereocenters. The highest BCUT2D eigenvalue weighted by molar-refractivity contribution is 5.79. The van der Waals surface area contributed by atoms with Gasteiger partial charge in [0, 0.05) is 6.54 Å². The molecule has 0 spiro atoms. The monoisotopic (exact) mass is 310 g/mol. The number of hydrazone groups is 1. The molecular weight excluding hydrogens is 288 g/mol. The number of benzene rings is 2. The molecule has 4 heteroatoms. The Morgan fingerprint density at radius 3 is 2.48 bits per heavy atom. The van der Waals surface area contributed by atoms with Crippen LogP contribution in [0.1, 0.15) is 29.7 Å². The number of hydrogen-bond acceptors (Lipinski definition) is 4. The predicted molar refractivity (Wildman–Crippen MR) is 92.4 cm³/mol. The minimum Gasteiger partial charge on any atom is -0.493 e. The van der Waals surface area contributed by atoms with Crippen LogP contribution in [0.15, 0.2) is 47.6 Å². The number of ether oxygens (including phenoxy) is 2. The fraction of sp³-hybridized carbons (Fsp3) is 0.316. The summed E-state index contributed by atoms with van der Waals surface area (Å²) in [5, 5.41) is 6.79. The highest BCUT2D eigenvalue weighted by Gasteiger charge is 2.24. The van der Waals surface area contributed by atoms with Crippen LogP contribution in [0.4, 0.5) is 0 Å². The van der Waals surface area contributed by atoms with Crippen molar-refractivity contribution in [2.45, 2.75) is 19.4 Å². The second kappa shape index (κ2) is 6.73. The van der Waals surface area contributed by atoms with Crippen molar-refractivity contribution >= 4 is 6.21 Å². The van der Waals surface area contributed by atoms with Crippen LogP contribution in [0.2, 0.25) is 0 Å². The van der Waals surface area contributed by atoms with Gasteiger partial charge in [0.05, 0.1) is 26.5 Å². The van der Waals surface area contributed by atoms with Crippen LogP contribution in [0, 0.1) is 0 Å². The SMILES string of the molecule is COc1cc2c(cc1OC)[C@@H](C)N(N=Cc1ccccc1)CC2. The Morgan fingerprint density at radius 1 is 1.09 bits per heavy atom. The molecule has 1 aliphatic heterocycles. The summed E-state index contributed by atoms with van der Waals surface area (Å²) in [7, 11) is 3.34. The second-order valence-corrected chi connectivity index (χ2v) is 5.65. The van der Waals surface area contributed by atoms with E-state index in [9.17, 15) is 0 Å². The second-order valence-electron chi connectivity index (χ2n) is 5.65. The molecule has 0 bridgehead atoms. The van der Waals surface area contributed by atoms with Crippen molar-refractivity contribution in [3.63, 3.8) is 0 Å². The first-order valence-corrected chi connectivity index (χ1v) is 7.83. The normalized spacial score (nSPS) is 17.2. The molecule has 0 aromatic heterocycles. The predicted octanol–water partition coefficient (Wildman–Crippen LogP) is 3.66. The van der Waals surface area contributed by atoms with Crippen LogP contribution < -0.4 is 9.47 Å². The average Bonchev–Trinajstić information content (AvgIpc) is 2.61. The topological polar surface area (TPSA) is 34.1 Å². The smallest absolute Gasteiger partial charge is 0.161 e. The highest BCUT2D eigenvalue weighted by Crippen LogP contribution is 2.37. The fourth-order valence-corrected chi connectivity index (χ4v) is 2.97. The fourth-order valence-electron chi connectivity index (χ4n) is 2.97. The molecule has 3 rings (SSSR count). The van der Waals surface area contributed by atoms with Gasteiger partial charge in [-0.3, -0.25) is 5.01 Å². The Labute approximate surface area is 137 Å². The number of nitrogens with zero attached hydrogens (tertiary/aromatic N) is 2. The maximum Gasteiger partial charge on any atom is 0.161 e. The summed E-state index contributed by atoms with van der Waals surface area (Å²) in [4.78, 5) is 0. The number of rotatable bonds is 4. The van der Waals surface area contributed by atoms with E-state index < -0.39 is 0 Å². The first-order chi connectivity index (χ1) is 11.2. The molecule has 0 fully saturated rings. The van der Waals surface area contributed by atoms with Crippen molar-refractivity contribution in [2.75, 3.05) is 20.8 Å². The first kappa shape index (κ1) is 15.4. The van der Waals surface area contributed by atoms with Crippen molar-refractivity contribution < 1.29 is 9.47 Å². The van der Waals surface area contributed by atoms with Gasteiger partial charge in [-0.15, -0.1) is 0 Å². The van der Waals surface area contributed by atoms with Gasteiger partial charge < -0.3 is 9.47 Å². The Hall–Kier alpha value is -2.49. The Morgan fingerprint density at radius 2 is 1.78 bits per heavy atom. The van der Waals surface area contributed by atoms with Crippen molar-refractivity contribution in [1.29, 1.82) is 0 Å². The third-order valence-electron chi connectivity index (χ3n) is 4.31. The molecule has 0 N–H and O–H groups in total. The van der Waals surface area contributed by atoms with Gasteiger partial charge in [-0.05, 0) is 42.2 Å². The largest absolute Gasteiger partial charge is 0.493 e. The molecule has 1 aliphatic rings.